The molecule has 22 heavy (non-hydrogen) atoms. The van der Waals surface area contributed by atoms with Crippen LogP contribution in [0.15, 0.2) is 46.3 Å². The topological polar surface area (TPSA) is 64.1 Å². The Hall–Kier alpha value is -1.76. The number of aliphatic hydroxyl groups excluding tert-OH is 1. The van der Waals surface area contributed by atoms with Gasteiger partial charge in [0.15, 0.2) is 5.16 Å². The van der Waals surface area contributed by atoms with Gasteiger partial charge in [-0.15, -0.1) is 0 Å². The SMILES string of the molecule is Cn1c(CO)cnc1SCc1coc(-c2cccc(Cl)c2)n1. The highest BCUT2D eigenvalue weighted by Crippen LogP contribution is 2.25. The average molecular weight is 336 g/mol. The summed E-state index contributed by atoms with van der Waals surface area (Å²) in [7, 11) is 1.88. The van der Waals surface area contributed by atoms with E-state index in [1.54, 1.807) is 24.2 Å². The number of aliphatic hydroxyl groups is 1. The van der Waals surface area contributed by atoms with E-state index < -0.39 is 0 Å². The molecule has 0 saturated carbocycles. The number of halogens is 1. The van der Waals surface area contributed by atoms with Crippen molar-refractivity contribution >= 4 is 23.4 Å². The van der Waals surface area contributed by atoms with Gasteiger partial charge in [-0.1, -0.05) is 29.4 Å². The number of aromatic nitrogens is 3. The summed E-state index contributed by atoms with van der Waals surface area (Å²) in [4.78, 5) is 8.73. The number of nitrogens with zero attached hydrogens (tertiary/aromatic N) is 3. The molecule has 0 atom stereocenters. The number of thioether (sulfide) groups is 1. The maximum atomic E-state index is 9.16. The van der Waals surface area contributed by atoms with Crippen LogP contribution in [0.2, 0.25) is 5.02 Å². The second-order valence-corrected chi connectivity index (χ2v) is 6.07. The van der Waals surface area contributed by atoms with Crippen molar-refractivity contribution in [2.75, 3.05) is 0 Å². The Morgan fingerprint density at radius 1 is 1.41 bits per heavy atom. The highest BCUT2D eigenvalue weighted by molar-refractivity contribution is 7.98. The first-order valence-corrected chi connectivity index (χ1v) is 7.98. The number of benzene rings is 1. The lowest BCUT2D eigenvalue weighted by molar-refractivity contribution is 0.271. The number of imidazole rings is 1. The van der Waals surface area contributed by atoms with Crippen molar-refractivity contribution in [2.24, 2.45) is 7.05 Å². The highest BCUT2D eigenvalue weighted by Gasteiger charge is 2.10. The quantitative estimate of drug-likeness (QED) is 0.723. The van der Waals surface area contributed by atoms with E-state index in [4.69, 9.17) is 21.1 Å². The zero-order chi connectivity index (χ0) is 15.5. The molecule has 0 aliphatic rings. The molecule has 3 rings (SSSR count). The monoisotopic (exact) mass is 335 g/mol. The van der Waals surface area contributed by atoms with Crippen molar-refractivity contribution in [3.8, 4) is 11.5 Å². The number of rotatable bonds is 5. The van der Waals surface area contributed by atoms with E-state index in [0.717, 1.165) is 22.1 Å². The highest BCUT2D eigenvalue weighted by atomic mass is 35.5. The molecule has 0 amide bonds. The third kappa shape index (κ3) is 3.19. The molecule has 0 unspecified atom stereocenters. The molecule has 0 fully saturated rings. The Balaban J connectivity index is 1.70. The lowest BCUT2D eigenvalue weighted by Crippen LogP contribution is -1.97. The van der Waals surface area contributed by atoms with Gasteiger partial charge >= 0.3 is 0 Å². The van der Waals surface area contributed by atoms with Crippen LogP contribution in [0.5, 0.6) is 0 Å². The minimum absolute atomic E-state index is 0.0209. The molecule has 3 aromatic rings. The van der Waals surface area contributed by atoms with Crippen molar-refractivity contribution in [3.05, 3.63) is 53.1 Å². The van der Waals surface area contributed by atoms with Crippen molar-refractivity contribution in [1.82, 2.24) is 14.5 Å². The standard InChI is InChI=1S/C15H14ClN3O2S/c1-19-13(7-20)6-17-15(19)22-9-12-8-21-14(18-12)10-3-2-4-11(16)5-10/h2-6,8,20H,7,9H2,1H3. The van der Waals surface area contributed by atoms with Crippen molar-refractivity contribution in [2.45, 2.75) is 17.5 Å². The summed E-state index contributed by atoms with van der Waals surface area (Å²) >= 11 is 7.51. The van der Waals surface area contributed by atoms with Crippen LogP contribution < -0.4 is 0 Å². The Bertz CT molecular complexity index is 785. The van der Waals surface area contributed by atoms with E-state index in [0.29, 0.717) is 16.7 Å². The molecule has 1 N–H and O–H groups in total. The van der Waals surface area contributed by atoms with Crippen LogP contribution in [-0.2, 0) is 19.4 Å². The van der Waals surface area contributed by atoms with E-state index >= 15 is 0 Å². The molecule has 5 nitrogen and oxygen atoms in total. The van der Waals surface area contributed by atoms with Gasteiger partial charge in [-0.2, -0.15) is 0 Å². The van der Waals surface area contributed by atoms with Crippen LogP contribution in [0.3, 0.4) is 0 Å². The van der Waals surface area contributed by atoms with Crippen molar-refractivity contribution in [3.63, 3.8) is 0 Å². The molecule has 2 heterocycles. The Morgan fingerprint density at radius 3 is 3.00 bits per heavy atom. The third-order valence-corrected chi connectivity index (χ3v) is 4.49. The Labute approximate surface area is 137 Å². The molecule has 1 aromatic carbocycles. The summed E-state index contributed by atoms with van der Waals surface area (Å²) < 4.78 is 7.36. The van der Waals surface area contributed by atoms with Crippen LogP contribution in [0.25, 0.3) is 11.5 Å². The average Bonchev–Trinajstić information content (AvgIpc) is 3.12. The number of hydrogen-bond acceptors (Lipinski definition) is 5. The third-order valence-electron chi connectivity index (χ3n) is 3.18. The predicted octanol–water partition coefficient (Wildman–Crippen LogP) is 3.51. The smallest absolute Gasteiger partial charge is 0.226 e. The molecule has 2 aromatic heterocycles. The lowest BCUT2D eigenvalue weighted by atomic mass is 10.2. The van der Waals surface area contributed by atoms with Crippen LogP contribution >= 0.6 is 23.4 Å². The number of hydrogen-bond donors (Lipinski definition) is 1. The van der Waals surface area contributed by atoms with Crippen LogP contribution in [0, 0.1) is 0 Å². The van der Waals surface area contributed by atoms with Gasteiger partial charge in [0.1, 0.15) is 6.26 Å². The molecule has 0 saturated heterocycles. The second kappa shape index (κ2) is 6.56. The first-order valence-electron chi connectivity index (χ1n) is 6.62. The predicted molar refractivity (Wildman–Crippen MR) is 85.6 cm³/mol. The van der Waals surface area contributed by atoms with Gasteiger partial charge in [0.2, 0.25) is 5.89 Å². The van der Waals surface area contributed by atoms with Gasteiger partial charge in [-0.3, -0.25) is 0 Å². The van der Waals surface area contributed by atoms with Gasteiger partial charge in [-0.05, 0) is 18.2 Å². The fourth-order valence-corrected chi connectivity index (χ4v) is 3.01. The molecule has 0 radical (unpaired) electrons. The van der Waals surface area contributed by atoms with Gasteiger partial charge < -0.3 is 14.1 Å². The maximum Gasteiger partial charge on any atom is 0.226 e. The van der Waals surface area contributed by atoms with Gasteiger partial charge in [0, 0.05) is 23.4 Å². The minimum atomic E-state index is -0.0209. The van der Waals surface area contributed by atoms with E-state index in [9.17, 15) is 0 Å². The first kappa shape index (κ1) is 15.1. The van der Waals surface area contributed by atoms with E-state index in [1.165, 1.54) is 0 Å². The summed E-state index contributed by atoms with van der Waals surface area (Å²) in [6.45, 7) is -0.0209. The van der Waals surface area contributed by atoms with Crippen molar-refractivity contribution in [1.29, 1.82) is 0 Å². The van der Waals surface area contributed by atoms with E-state index in [2.05, 4.69) is 9.97 Å². The summed E-state index contributed by atoms with van der Waals surface area (Å²) in [5.74, 6) is 1.19. The van der Waals surface area contributed by atoms with E-state index in [1.807, 2.05) is 35.9 Å². The Morgan fingerprint density at radius 2 is 2.27 bits per heavy atom. The fourth-order valence-electron chi connectivity index (χ4n) is 1.97. The molecule has 7 heteroatoms. The first-order chi connectivity index (χ1) is 10.7. The van der Waals surface area contributed by atoms with Gasteiger partial charge in [0.25, 0.3) is 0 Å². The van der Waals surface area contributed by atoms with E-state index in [-0.39, 0.29) is 6.61 Å². The minimum Gasteiger partial charge on any atom is -0.444 e. The number of oxazole rings is 1. The molecule has 0 aliphatic carbocycles. The molecule has 0 aliphatic heterocycles. The van der Waals surface area contributed by atoms with Gasteiger partial charge in [-0.25, -0.2) is 9.97 Å². The summed E-state index contributed by atoms with van der Waals surface area (Å²) in [5.41, 5.74) is 2.46. The fraction of sp³-hybridized carbons (Fsp3) is 0.200. The Kier molecular flexibility index (Phi) is 4.52. The maximum absolute atomic E-state index is 9.16. The van der Waals surface area contributed by atoms with Crippen LogP contribution in [0.4, 0.5) is 0 Å². The molecule has 114 valence electrons. The van der Waals surface area contributed by atoms with Crippen LogP contribution in [-0.4, -0.2) is 19.6 Å². The van der Waals surface area contributed by atoms with Crippen molar-refractivity contribution < 1.29 is 9.52 Å². The largest absolute Gasteiger partial charge is 0.444 e. The van der Waals surface area contributed by atoms with Crippen LogP contribution in [0.1, 0.15) is 11.4 Å². The normalized spacial score (nSPS) is 11.0. The molecule has 0 bridgehead atoms. The second-order valence-electron chi connectivity index (χ2n) is 4.69. The zero-order valence-electron chi connectivity index (χ0n) is 11.9. The summed E-state index contributed by atoms with van der Waals surface area (Å²) in [5, 5.41) is 10.6. The molecular weight excluding hydrogens is 322 g/mol. The molecular formula is C15H14ClN3O2S. The lowest BCUT2D eigenvalue weighted by Gasteiger charge is -2.02. The summed E-state index contributed by atoms with van der Waals surface area (Å²) in [6.07, 6.45) is 3.31. The zero-order valence-corrected chi connectivity index (χ0v) is 13.4. The molecule has 0 spiro atoms. The summed E-state index contributed by atoms with van der Waals surface area (Å²) in [6, 6.07) is 7.39. The van der Waals surface area contributed by atoms with Gasteiger partial charge in [0.05, 0.1) is 24.2 Å².